The average Bonchev–Trinajstić information content (AvgIpc) is 3.53. The standard InChI is InChI=1S/C33H40N10O3S/c1-42-22-26(21-38-42)24-7-12-30(35-19-24)43(33(44)37-18-23-5-3-2-4-6-23)29-10-8-27(9-11-29)40-32-36-20-25(17-34)31(41-32)39-28-13-15-47(45,46)16-14-28/h2-7,12,19-22,27-29,45-46H,8-11,13-16,18H2,1H3,(H,37,44)(H2,36,39,40,41). The number of pyridine rings is 1. The molecule has 14 heteroatoms. The van der Waals surface area contributed by atoms with Gasteiger partial charge in [0.25, 0.3) is 0 Å². The van der Waals surface area contributed by atoms with Crippen molar-refractivity contribution in [3.05, 3.63) is 78.4 Å². The van der Waals surface area contributed by atoms with Crippen molar-refractivity contribution in [1.82, 2.24) is 30.0 Å². The van der Waals surface area contributed by atoms with Crippen molar-refractivity contribution in [2.24, 2.45) is 7.05 Å². The van der Waals surface area contributed by atoms with Gasteiger partial charge in [-0.2, -0.15) is 25.9 Å². The number of carbonyl (C=O) groups excluding carboxylic acids is 1. The fraction of sp³-hybridized carbons (Fsp3) is 0.394. The van der Waals surface area contributed by atoms with Gasteiger partial charge in [-0.15, -0.1) is 0 Å². The average molecular weight is 657 g/mol. The van der Waals surface area contributed by atoms with E-state index in [1.165, 1.54) is 6.20 Å². The van der Waals surface area contributed by atoms with Crippen LogP contribution in [0.5, 0.6) is 0 Å². The lowest BCUT2D eigenvalue weighted by molar-refractivity contribution is 0.240. The quantitative estimate of drug-likeness (QED) is 0.152. The van der Waals surface area contributed by atoms with Crippen LogP contribution in [-0.2, 0) is 13.6 Å². The zero-order valence-electron chi connectivity index (χ0n) is 26.3. The molecular formula is C33H40N10O3S. The zero-order valence-corrected chi connectivity index (χ0v) is 27.1. The Morgan fingerprint density at radius 1 is 0.957 bits per heavy atom. The number of nitrogens with zero attached hydrogens (tertiary/aromatic N) is 7. The van der Waals surface area contributed by atoms with Crippen molar-refractivity contribution in [3.8, 4) is 17.2 Å². The van der Waals surface area contributed by atoms with E-state index < -0.39 is 10.6 Å². The Balaban J connectivity index is 1.12. The van der Waals surface area contributed by atoms with Gasteiger partial charge in [-0.3, -0.25) is 18.7 Å². The lowest BCUT2D eigenvalue weighted by atomic mass is 9.90. The third kappa shape index (κ3) is 8.18. The number of urea groups is 1. The molecule has 47 heavy (non-hydrogen) atoms. The molecule has 0 atom stereocenters. The molecule has 0 unspecified atom stereocenters. The molecule has 246 valence electrons. The third-order valence-corrected chi connectivity index (χ3v) is 10.5. The molecule has 0 bridgehead atoms. The van der Waals surface area contributed by atoms with Crippen LogP contribution < -0.4 is 20.9 Å². The SMILES string of the molecule is Cn1cc(-c2ccc(N(C(=O)NCc3ccccc3)C3CCC(Nc4ncc(C#N)c(NC5CCS(O)(O)CC5)n4)CC3)nc2)cn1. The summed E-state index contributed by atoms with van der Waals surface area (Å²) in [7, 11) is -0.628. The van der Waals surface area contributed by atoms with Gasteiger partial charge < -0.3 is 16.0 Å². The fourth-order valence-electron chi connectivity index (χ4n) is 6.14. The molecule has 0 radical (unpaired) electrons. The number of benzene rings is 1. The van der Waals surface area contributed by atoms with Crippen molar-refractivity contribution < 1.29 is 13.9 Å². The summed E-state index contributed by atoms with van der Waals surface area (Å²) in [6.07, 6.45) is 11.3. The number of hydrogen-bond donors (Lipinski definition) is 5. The Morgan fingerprint density at radius 2 is 1.70 bits per heavy atom. The van der Waals surface area contributed by atoms with Gasteiger partial charge in [0.05, 0.1) is 12.4 Å². The first-order valence-electron chi connectivity index (χ1n) is 15.9. The minimum absolute atomic E-state index is 0.00580. The summed E-state index contributed by atoms with van der Waals surface area (Å²) in [6.45, 7) is 0.413. The molecule has 2 aliphatic rings. The van der Waals surface area contributed by atoms with Crippen LogP contribution in [0.2, 0.25) is 0 Å². The van der Waals surface area contributed by atoms with Gasteiger partial charge in [-0.05, 0) is 56.2 Å². The van der Waals surface area contributed by atoms with E-state index in [-0.39, 0.29) is 24.2 Å². The number of aromatic nitrogens is 5. The molecule has 5 N–H and O–H groups in total. The van der Waals surface area contributed by atoms with Gasteiger partial charge in [0.1, 0.15) is 23.3 Å². The lowest BCUT2D eigenvalue weighted by Gasteiger charge is -2.39. The van der Waals surface area contributed by atoms with E-state index in [2.05, 4.69) is 37.1 Å². The first-order chi connectivity index (χ1) is 22.8. The Bertz CT molecular complexity index is 1690. The Labute approximate surface area is 275 Å². The minimum Gasteiger partial charge on any atom is -0.366 e. The van der Waals surface area contributed by atoms with Gasteiger partial charge in [-0.1, -0.05) is 30.3 Å². The maximum absolute atomic E-state index is 13.7. The predicted octanol–water partition coefficient (Wildman–Crippen LogP) is 5.61. The predicted molar refractivity (Wildman–Crippen MR) is 183 cm³/mol. The Kier molecular flexibility index (Phi) is 9.86. The van der Waals surface area contributed by atoms with Crippen LogP contribution >= 0.6 is 10.6 Å². The summed E-state index contributed by atoms with van der Waals surface area (Å²) >= 11 is 0. The van der Waals surface area contributed by atoms with Crippen LogP contribution in [0.3, 0.4) is 0 Å². The van der Waals surface area contributed by atoms with E-state index in [0.717, 1.165) is 42.4 Å². The first-order valence-corrected chi connectivity index (χ1v) is 17.7. The number of nitrogens with one attached hydrogen (secondary N) is 3. The lowest BCUT2D eigenvalue weighted by Crippen LogP contribution is -2.49. The molecule has 6 rings (SSSR count). The highest BCUT2D eigenvalue weighted by atomic mass is 32.3. The number of nitriles is 1. The van der Waals surface area contributed by atoms with Gasteiger partial charge in [0.15, 0.2) is 0 Å². The van der Waals surface area contributed by atoms with E-state index in [0.29, 0.717) is 54.0 Å². The maximum Gasteiger partial charge on any atom is 0.323 e. The zero-order chi connectivity index (χ0) is 32.8. The van der Waals surface area contributed by atoms with Crippen LogP contribution in [0.15, 0.2) is 67.3 Å². The molecule has 1 saturated carbocycles. The largest absolute Gasteiger partial charge is 0.366 e. The highest BCUT2D eigenvalue weighted by Crippen LogP contribution is 2.44. The monoisotopic (exact) mass is 656 g/mol. The molecule has 4 heterocycles. The molecule has 13 nitrogen and oxygen atoms in total. The summed E-state index contributed by atoms with van der Waals surface area (Å²) < 4.78 is 21.7. The number of aryl methyl sites for hydroxylation is 1. The van der Waals surface area contributed by atoms with E-state index in [1.807, 2.05) is 55.7 Å². The van der Waals surface area contributed by atoms with Gasteiger partial charge in [0.2, 0.25) is 5.95 Å². The second-order valence-electron chi connectivity index (χ2n) is 12.2. The summed E-state index contributed by atoms with van der Waals surface area (Å²) in [4.78, 5) is 29.2. The van der Waals surface area contributed by atoms with Crippen LogP contribution in [-0.4, -0.2) is 69.5 Å². The molecule has 1 aliphatic heterocycles. The van der Waals surface area contributed by atoms with E-state index in [9.17, 15) is 19.2 Å². The van der Waals surface area contributed by atoms with E-state index in [4.69, 9.17) is 4.98 Å². The summed E-state index contributed by atoms with van der Waals surface area (Å²) in [5, 5.41) is 23.7. The van der Waals surface area contributed by atoms with Crippen molar-refractivity contribution in [3.63, 3.8) is 0 Å². The molecule has 1 aliphatic carbocycles. The number of carbonyl (C=O) groups is 1. The molecule has 3 aromatic heterocycles. The molecule has 2 amide bonds. The minimum atomic E-state index is -2.50. The second kappa shape index (κ2) is 14.4. The highest BCUT2D eigenvalue weighted by molar-refractivity contribution is 8.24. The fourth-order valence-corrected chi connectivity index (χ4v) is 7.66. The number of amides is 2. The first kappa shape index (κ1) is 32.2. The molecule has 4 aromatic rings. The molecule has 1 aromatic carbocycles. The van der Waals surface area contributed by atoms with Gasteiger partial charge in [-0.25, -0.2) is 14.8 Å². The normalized spacial score (nSPS) is 20.0. The van der Waals surface area contributed by atoms with Gasteiger partial charge in [0, 0.05) is 66.7 Å². The van der Waals surface area contributed by atoms with Gasteiger partial charge >= 0.3 is 6.03 Å². The van der Waals surface area contributed by atoms with Crippen LogP contribution in [0.4, 0.5) is 22.4 Å². The number of anilines is 3. The molecular weight excluding hydrogens is 616 g/mol. The molecule has 1 saturated heterocycles. The van der Waals surface area contributed by atoms with Crippen LogP contribution in [0, 0.1) is 11.3 Å². The van der Waals surface area contributed by atoms with Crippen LogP contribution in [0.1, 0.15) is 49.7 Å². The topological polar surface area (TPSA) is 177 Å². The third-order valence-electron chi connectivity index (χ3n) is 8.77. The van der Waals surface area contributed by atoms with Crippen molar-refractivity contribution in [2.45, 2.75) is 63.2 Å². The van der Waals surface area contributed by atoms with E-state index >= 15 is 0 Å². The Morgan fingerprint density at radius 3 is 2.36 bits per heavy atom. The second-order valence-corrected chi connectivity index (χ2v) is 14.6. The summed E-state index contributed by atoms with van der Waals surface area (Å²) in [5.41, 5.74) is 3.24. The molecule has 2 fully saturated rings. The van der Waals surface area contributed by atoms with Crippen LogP contribution in [0.25, 0.3) is 11.1 Å². The van der Waals surface area contributed by atoms with E-state index in [1.54, 1.807) is 22.0 Å². The van der Waals surface area contributed by atoms with Crippen molar-refractivity contribution in [2.75, 3.05) is 27.0 Å². The Hall–Kier alpha value is -4.71. The smallest absolute Gasteiger partial charge is 0.323 e. The maximum atomic E-state index is 13.7. The number of rotatable bonds is 9. The molecule has 0 spiro atoms. The highest BCUT2D eigenvalue weighted by Gasteiger charge is 2.31. The van der Waals surface area contributed by atoms with Crippen molar-refractivity contribution >= 4 is 34.2 Å². The summed E-state index contributed by atoms with van der Waals surface area (Å²) in [5.74, 6) is 2.16. The number of hydrogen-bond acceptors (Lipinski definition) is 10. The summed E-state index contributed by atoms with van der Waals surface area (Å²) in [6, 6.07) is 15.7. The van der Waals surface area contributed by atoms with Crippen molar-refractivity contribution in [1.29, 1.82) is 5.26 Å².